The van der Waals surface area contributed by atoms with Gasteiger partial charge in [-0.3, -0.25) is 4.79 Å². The summed E-state index contributed by atoms with van der Waals surface area (Å²) in [7, 11) is 2.06. The molecule has 36 heavy (non-hydrogen) atoms. The summed E-state index contributed by atoms with van der Waals surface area (Å²) < 4.78 is 23.2. The molecule has 0 saturated carbocycles. The largest absolute Gasteiger partial charge is 0.508 e. The number of phenolic OH excluding ortho intramolecular Hbond substituents is 1. The summed E-state index contributed by atoms with van der Waals surface area (Å²) in [5.74, 6) is -0.0715. The first-order valence-corrected chi connectivity index (χ1v) is 12.5. The average molecular weight is 489 g/mol. The molecule has 7 nitrogen and oxygen atoms in total. The monoisotopic (exact) mass is 488 g/mol. The number of benzene rings is 3. The third-order valence-corrected chi connectivity index (χ3v) is 7.53. The zero-order chi connectivity index (χ0) is 24.8. The summed E-state index contributed by atoms with van der Waals surface area (Å²) in [5.41, 5.74) is 1.50. The van der Waals surface area contributed by atoms with Gasteiger partial charge in [-0.05, 0) is 61.0 Å². The minimum Gasteiger partial charge on any atom is -0.508 e. The third kappa shape index (κ3) is 4.10. The Bertz CT molecular complexity index is 1510. The molecular formula is C28H29FN4O3. The predicted octanol–water partition coefficient (Wildman–Crippen LogP) is 3.75. The van der Waals surface area contributed by atoms with E-state index in [9.17, 15) is 9.90 Å². The Kier molecular flexibility index (Phi) is 5.85. The number of rotatable bonds is 6. The van der Waals surface area contributed by atoms with E-state index in [1.165, 1.54) is 6.07 Å². The van der Waals surface area contributed by atoms with E-state index in [0.29, 0.717) is 41.2 Å². The van der Waals surface area contributed by atoms with Crippen LogP contribution < -0.4 is 15.6 Å². The van der Waals surface area contributed by atoms with Crippen molar-refractivity contribution in [2.24, 2.45) is 5.92 Å². The molecule has 1 aromatic heterocycles. The molecule has 0 aliphatic carbocycles. The molecule has 1 atom stereocenters. The molecule has 3 heterocycles. The van der Waals surface area contributed by atoms with Crippen molar-refractivity contribution in [2.45, 2.75) is 25.4 Å². The van der Waals surface area contributed by atoms with Crippen LogP contribution in [0.25, 0.3) is 32.9 Å². The summed E-state index contributed by atoms with van der Waals surface area (Å²) >= 11 is 0. The van der Waals surface area contributed by atoms with Crippen LogP contribution in [0.4, 0.5) is 4.39 Å². The predicted molar refractivity (Wildman–Crippen MR) is 138 cm³/mol. The quantitative estimate of drug-likeness (QED) is 0.430. The smallest absolute Gasteiger partial charge is 0.313 e. The number of halogens is 1. The molecule has 2 aliphatic heterocycles. The number of nitrogens with zero attached hydrogens (tertiary/aromatic N) is 3. The Labute approximate surface area is 208 Å². The van der Waals surface area contributed by atoms with Gasteiger partial charge >= 0.3 is 5.56 Å². The number of hydrogen-bond donors (Lipinski definition) is 2. The summed E-state index contributed by atoms with van der Waals surface area (Å²) in [5, 5.41) is 15.2. The molecule has 3 aromatic carbocycles. The summed E-state index contributed by atoms with van der Waals surface area (Å²) in [4.78, 5) is 20.2. The van der Waals surface area contributed by atoms with Gasteiger partial charge in [0.2, 0.25) is 0 Å². The maximum Gasteiger partial charge on any atom is 0.313 e. The molecular weight excluding hydrogens is 459 g/mol. The second-order valence-electron chi connectivity index (χ2n) is 9.98. The molecule has 2 N–H and O–H groups in total. The maximum atomic E-state index is 15.6. The molecule has 0 radical (unpaired) electrons. The maximum absolute atomic E-state index is 15.6. The van der Waals surface area contributed by atoms with Crippen molar-refractivity contribution in [3.63, 3.8) is 0 Å². The van der Waals surface area contributed by atoms with Crippen LogP contribution in [0.1, 0.15) is 12.8 Å². The van der Waals surface area contributed by atoms with E-state index >= 15 is 4.39 Å². The number of ether oxygens (including phenoxy) is 1. The molecule has 2 aliphatic rings. The molecule has 0 bridgehead atoms. The summed E-state index contributed by atoms with van der Waals surface area (Å²) in [6.45, 7) is 3.50. The number of fused-ring (bicyclic) bond motifs is 2. The Morgan fingerprint density at radius 1 is 1.17 bits per heavy atom. The molecule has 2 fully saturated rings. The van der Waals surface area contributed by atoms with E-state index in [0.717, 1.165) is 43.2 Å². The lowest BCUT2D eigenvalue weighted by atomic mass is 9.96. The molecule has 4 aromatic rings. The van der Waals surface area contributed by atoms with E-state index in [1.54, 1.807) is 22.8 Å². The standard InChI is InChI=1S/C28H29FN4O3/c1-32-8-4-6-19(32)16-36-27-28(35)33(15-17-13-30-14-17)26-12-24(29)23(11-25(26)31-27)22-10-20(34)9-18-5-2-3-7-21(18)22/h2-3,5,7,9-12,17,19,30,34H,4,6,8,13-16H2,1H3/t19-/m0/s1. The summed E-state index contributed by atoms with van der Waals surface area (Å²) in [6, 6.07) is 14.1. The Balaban J connectivity index is 1.49. The Hall–Kier alpha value is -3.49. The highest BCUT2D eigenvalue weighted by Gasteiger charge is 2.25. The van der Waals surface area contributed by atoms with Crippen molar-refractivity contribution in [1.29, 1.82) is 0 Å². The SMILES string of the molecule is CN1CCC[C@H]1COc1nc2cc(-c3cc(O)cc4ccccc34)c(F)cc2n(CC2CNC2)c1=O. The first-order chi connectivity index (χ1) is 17.5. The van der Waals surface area contributed by atoms with E-state index in [4.69, 9.17) is 4.74 Å². The second kappa shape index (κ2) is 9.19. The van der Waals surface area contributed by atoms with Crippen LogP contribution in [0.15, 0.2) is 53.3 Å². The molecule has 186 valence electrons. The van der Waals surface area contributed by atoms with Gasteiger partial charge in [0.25, 0.3) is 5.88 Å². The fourth-order valence-electron chi connectivity index (χ4n) is 5.34. The average Bonchev–Trinajstić information content (AvgIpc) is 3.25. The van der Waals surface area contributed by atoms with Gasteiger partial charge in [0.15, 0.2) is 0 Å². The number of aromatic hydroxyl groups is 1. The Morgan fingerprint density at radius 3 is 2.75 bits per heavy atom. The van der Waals surface area contributed by atoms with Crippen LogP contribution in [-0.4, -0.2) is 58.9 Å². The van der Waals surface area contributed by atoms with Crippen LogP contribution in [0.5, 0.6) is 11.6 Å². The van der Waals surface area contributed by atoms with Crippen molar-refractivity contribution in [3.05, 3.63) is 64.7 Å². The molecule has 8 heteroatoms. The number of aromatic nitrogens is 2. The van der Waals surface area contributed by atoms with Gasteiger partial charge in [-0.1, -0.05) is 24.3 Å². The lowest BCUT2D eigenvalue weighted by Gasteiger charge is -2.28. The van der Waals surface area contributed by atoms with Crippen molar-refractivity contribution in [3.8, 4) is 22.8 Å². The lowest BCUT2D eigenvalue weighted by Crippen LogP contribution is -2.45. The first-order valence-electron chi connectivity index (χ1n) is 12.5. The minimum absolute atomic E-state index is 0.0495. The van der Waals surface area contributed by atoms with Gasteiger partial charge in [0.1, 0.15) is 18.2 Å². The van der Waals surface area contributed by atoms with Crippen LogP contribution >= 0.6 is 0 Å². The second-order valence-corrected chi connectivity index (χ2v) is 9.98. The van der Waals surface area contributed by atoms with Gasteiger partial charge < -0.3 is 24.6 Å². The van der Waals surface area contributed by atoms with Crippen LogP contribution in [0, 0.1) is 11.7 Å². The van der Waals surface area contributed by atoms with Gasteiger partial charge in [-0.25, -0.2) is 9.37 Å². The van der Waals surface area contributed by atoms with Crippen molar-refractivity contribution in [2.75, 3.05) is 33.3 Å². The lowest BCUT2D eigenvalue weighted by molar-refractivity contribution is 0.190. The van der Waals surface area contributed by atoms with Gasteiger partial charge in [0.05, 0.1) is 11.0 Å². The van der Waals surface area contributed by atoms with E-state index in [-0.39, 0.29) is 23.2 Å². The molecule has 0 amide bonds. The Morgan fingerprint density at radius 2 is 2.00 bits per heavy atom. The third-order valence-electron chi connectivity index (χ3n) is 7.53. The van der Waals surface area contributed by atoms with Crippen LogP contribution in [0.2, 0.25) is 0 Å². The number of likely N-dealkylation sites (N-methyl/N-ethyl adjacent to an activating group) is 1. The highest BCUT2D eigenvalue weighted by atomic mass is 19.1. The zero-order valence-corrected chi connectivity index (χ0v) is 20.2. The zero-order valence-electron chi connectivity index (χ0n) is 20.2. The highest BCUT2D eigenvalue weighted by Crippen LogP contribution is 2.36. The van der Waals surface area contributed by atoms with E-state index in [2.05, 4.69) is 22.2 Å². The van der Waals surface area contributed by atoms with Crippen LogP contribution in [0.3, 0.4) is 0 Å². The molecule has 2 saturated heterocycles. The number of hydrogen-bond acceptors (Lipinski definition) is 6. The number of nitrogens with one attached hydrogen (secondary N) is 1. The van der Waals surface area contributed by atoms with Gasteiger partial charge in [-0.2, -0.15) is 0 Å². The van der Waals surface area contributed by atoms with E-state index < -0.39 is 5.82 Å². The number of phenols is 1. The number of likely N-dealkylation sites (tertiary alicyclic amines) is 1. The first kappa shape index (κ1) is 22.9. The van der Waals surface area contributed by atoms with E-state index in [1.807, 2.05) is 24.3 Å². The molecule has 0 unspecified atom stereocenters. The fraction of sp³-hybridized carbons (Fsp3) is 0.357. The normalized spacial score (nSPS) is 18.7. The topological polar surface area (TPSA) is 79.6 Å². The highest BCUT2D eigenvalue weighted by molar-refractivity contribution is 5.99. The van der Waals surface area contributed by atoms with Crippen LogP contribution in [-0.2, 0) is 6.54 Å². The van der Waals surface area contributed by atoms with Gasteiger partial charge in [0, 0.05) is 43.2 Å². The fourth-order valence-corrected chi connectivity index (χ4v) is 5.34. The summed E-state index contributed by atoms with van der Waals surface area (Å²) in [6.07, 6.45) is 2.13. The minimum atomic E-state index is -0.471. The van der Waals surface area contributed by atoms with Crippen molar-refractivity contribution < 1.29 is 14.2 Å². The van der Waals surface area contributed by atoms with Crippen molar-refractivity contribution in [1.82, 2.24) is 19.8 Å². The molecule has 0 spiro atoms. The van der Waals surface area contributed by atoms with Gasteiger partial charge in [-0.15, -0.1) is 0 Å². The molecule has 6 rings (SSSR count). The van der Waals surface area contributed by atoms with Crippen molar-refractivity contribution >= 4 is 21.8 Å².